The Morgan fingerprint density at radius 2 is 1.81 bits per heavy atom. The lowest BCUT2D eigenvalue weighted by atomic mass is 9.96. The van der Waals surface area contributed by atoms with E-state index in [1.54, 1.807) is 39.8 Å². The van der Waals surface area contributed by atoms with Crippen LogP contribution in [0, 0.1) is 6.92 Å². The van der Waals surface area contributed by atoms with E-state index in [1.807, 2.05) is 30.3 Å². The van der Waals surface area contributed by atoms with E-state index in [0.29, 0.717) is 17.9 Å². The van der Waals surface area contributed by atoms with E-state index in [1.165, 1.54) is 0 Å². The molecule has 1 amide bonds. The van der Waals surface area contributed by atoms with E-state index < -0.39 is 17.7 Å². The molecule has 0 radical (unpaired) electrons. The molecule has 2 aromatic rings. The number of alkyl carbamates (subject to hydrolysis) is 1. The predicted octanol–water partition coefficient (Wildman–Crippen LogP) is 4.26. The molecule has 144 valence electrons. The van der Waals surface area contributed by atoms with Gasteiger partial charge in [0.05, 0.1) is 12.1 Å². The normalized spacial score (nSPS) is 11.0. The van der Waals surface area contributed by atoms with Crippen molar-refractivity contribution in [2.45, 2.75) is 33.3 Å². The van der Waals surface area contributed by atoms with Crippen LogP contribution in [0.4, 0.5) is 4.79 Å². The molecule has 0 atom stereocenters. The summed E-state index contributed by atoms with van der Waals surface area (Å²) in [7, 11) is 0. The van der Waals surface area contributed by atoms with E-state index in [4.69, 9.17) is 9.47 Å². The first-order valence-corrected chi connectivity index (χ1v) is 8.70. The number of ether oxygens (including phenoxy) is 2. The molecule has 0 aliphatic carbocycles. The lowest BCUT2D eigenvalue weighted by Gasteiger charge is -2.19. The van der Waals surface area contributed by atoms with Crippen LogP contribution in [-0.4, -0.2) is 35.9 Å². The summed E-state index contributed by atoms with van der Waals surface area (Å²) in [6.07, 6.45) is -0.485. The van der Waals surface area contributed by atoms with Crippen molar-refractivity contribution in [2.24, 2.45) is 0 Å². The van der Waals surface area contributed by atoms with Gasteiger partial charge in [-0.15, -0.1) is 0 Å². The molecule has 0 fully saturated rings. The zero-order valence-electron chi connectivity index (χ0n) is 16.0. The van der Waals surface area contributed by atoms with Crippen LogP contribution in [-0.2, 0) is 4.74 Å². The van der Waals surface area contributed by atoms with Gasteiger partial charge in [0.2, 0.25) is 0 Å². The van der Waals surface area contributed by atoms with Crippen molar-refractivity contribution < 1.29 is 24.2 Å². The van der Waals surface area contributed by atoms with E-state index >= 15 is 0 Å². The Hall–Kier alpha value is -3.02. The quantitative estimate of drug-likeness (QED) is 0.741. The van der Waals surface area contributed by atoms with Crippen molar-refractivity contribution in [3.63, 3.8) is 0 Å². The van der Waals surface area contributed by atoms with E-state index in [9.17, 15) is 14.7 Å². The number of carboxylic acids is 1. The van der Waals surface area contributed by atoms with Crippen LogP contribution in [0.5, 0.6) is 5.75 Å². The van der Waals surface area contributed by atoms with Gasteiger partial charge in [0.15, 0.2) is 0 Å². The van der Waals surface area contributed by atoms with E-state index in [0.717, 1.165) is 11.1 Å². The van der Waals surface area contributed by atoms with Crippen molar-refractivity contribution >= 4 is 12.1 Å². The molecule has 0 aromatic heterocycles. The second kappa shape index (κ2) is 8.58. The summed E-state index contributed by atoms with van der Waals surface area (Å²) < 4.78 is 10.8. The molecule has 0 aliphatic rings. The Labute approximate surface area is 159 Å². The zero-order chi connectivity index (χ0) is 20.0. The number of amides is 1. The van der Waals surface area contributed by atoms with Crippen molar-refractivity contribution in [1.29, 1.82) is 0 Å². The summed E-state index contributed by atoms with van der Waals surface area (Å²) in [6.45, 7) is 7.79. The highest BCUT2D eigenvalue weighted by molar-refractivity contribution is 5.92. The van der Waals surface area contributed by atoms with Gasteiger partial charge in [0, 0.05) is 0 Å². The number of benzene rings is 2. The first kappa shape index (κ1) is 20.3. The Kier molecular flexibility index (Phi) is 6.45. The monoisotopic (exact) mass is 371 g/mol. The van der Waals surface area contributed by atoms with Crippen LogP contribution in [0.2, 0.25) is 0 Å². The van der Waals surface area contributed by atoms with Crippen LogP contribution < -0.4 is 10.1 Å². The first-order chi connectivity index (χ1) is 12.7. The van der Waals surface area contributed by atoms with Gasteiger partial charge in [-0.3, -0.25) is 0 Å². The smallest absolute Gasteiger partial charge is 0.407 e. The topological polar surface area (TPSA) is 84.9 Å². The fourth-order valence-electron chi connectivity index (χ4n) is 2.57. The van der Waals surface area contributed by atoms with Crippen molar-refractivity contribution in [3.05, 3.63) is 53.6 Å². The zero-order valence-corrected chi connectivity index (χ0v) is 16.0. The molecule has 2 rings (SSSR count). The predicted molar refractivity (Wildman–Crippen MR) is 103 cm³/mol. The maximum atomic E-state index is 11.6. The van der Waals surface area contributed by atoms with Crippen LogP contribution in [0.15, 0.2) is 42.5 Å². The molecule has 0 aliphatic heterocycles. The molecule has 6 nitrogen and oxygen atoms in total. The molecule has 0 saturated heterocycles. The number of hydrogen-bond acceptors (Lipinski definition) is 4. The Morgan fingerprint density at radius 1 is 1.11 bits per heavy atom. The minimum Gasteiger partial charge on any atom is -0.492 e. The van der Waals surface area contributed by atoms with Crippen molar-refractivity contribution in [3.8, 4) is 16.9 Å². The third kappa shape index (κ3) is 6.02. The maximum absolute atomic E-state index is 11.6. The summed E-state index contributed by atoms with van der Waals surface area (Å²) in [5, 5.41) is 11.9. The number of carbonyl (C=O) groups is 2. The van der Waals surface area contributed by atoms with Crippen molar-refractivity contribution in [2.75, 3.05) is 13.2 Å². The highest BCUT2D eigenvalue weighted by Crippen LogP contribution is 2.28. The van der Waals surface area contributed by atoms with Gasteiger partial charge in [0.1, 0.15) is 18.0 Å². The maximum Gasteiger partial charge on any atom is 0.407 e. The van der Waals surface area contributed by atoms with Crippen molar-refractivity contribution in [1.82, 2.24) is 5.32 Å². The Balaban J connectivity index is 1.99. The second-order valence-electron chi connectivity index (χ2n) is 7.09. The number of carboxylic acid groups (broad SMARTS) is 1. The van der Waals surface area contributed by atoms with Gasteiger partial charge in [-0.1, -0.05) is 24.3 Å². The van der Waals surface area contributed by atoms with Gasteiger partial charge in [-0.2, -0.15) is 0 Å². The summed E-state index contributed by atoms with van der Waals surface area (Å²) in [5.41, 5.74) is 2.15. The minimum atomic E-state index is -0.949. The summed E-state index contributed by atoms with van der Waals surface area (Å²) >= 11 is 0. The highest BCUT2D eigenvalue weighted by atomic mass is 16.6. The summed E-state index contributed by atoms with van der Waals surface area (Å²) in [5.74, 6) is -0.311. The summed E-state index contributed by atoms with van der Waals surface area (Å²) in [4.78, 5) is 22.9. The van der Waals surface area contributed by atoms with Crippen LogP contribution in [0.1, 0.15) is 36.7 Å². The molecular weight excluding hydrogens is 346 g/mol. The third-order valence-corrected chi connectivity index (χ3v) is 3.75. The number of aromatic carboxylic acids is 1. The minimum absolute atomic E-state index is 0.278. The number of carbonyl (C=O) groups excluding carboxylic acids is 1. The summed E-state index contributed by atoms with van der Waals surface area (Å²) in [6, 6.07) is 12.6. The molecule has 27 heavy (non-hydrogen) atoms. The fourth-order valence-corrected chi connectivity index (χ4v) is 2.57. The highest BCUT2D eigenvalue weighted by Gasteiger charge is 2.15. The molecule has 6 heteroatoms. The van der Waals surface area contributed by atoms with Gasteiger partial charge in [-0.05, 0) is 62.6 Å². The molecule has 2 N–H and O–H groups in total. The first-order valence-electron chi connectivity index (χ1n) is 8.70. The van der Waals surface area contributed by atoms with Crippen LogP contribution in [0.3, 0.4) is 0 Å². The fraction of sp³-hybridized carbons (Fsp3) is 0.333. The average molecular weight is 371 g/mol. The lowest BCUT2D eigenvalue weighted by Crippen LogP contribution is -2.34. The number of nitrogens with one attached hydrogen (secondary N) is 1. The second-order valence-corrected chi connectivity index (χ2v) is 7.09. The molecule has 0 bridgehead atoms. The largest absolute Gasteiger partial charge is 0.492 e. The molecule has 0 spiro atoms. The average Bonchev–Trinajstić information content (AvgIpc) is 2.57. The van der Waals surface area contributed by atoms with Gasteiger partial charge in [0.25, 0.3) is 0 Å². The molecule has 0 heterocycles. The van der Waals surface area contributed by atoms with E-state index in [-0.39, 0.29) is 12.2 Å². The Bertz CT molecular complexity index is 824. The SMILES string of the molecule is Cc1c(C(=O)O)cccc1-c1cccc(OCCNC(=O)OC(C)(C)C)c1. The van der Waals surface area contributed by atoms with E-state index in [2.05, 4.69) is 5.32 Å². The molecule has 2 aromatic carbocycles. The van der Waals surface area contributed by atoms with Gasteiger partial charge < -0.3 is 19.9 Å². The number of hydrogen-bond donors (Lipinski definition) is 2. The van der Waals surface area contributed by atoms with Gasteiger partial charge >= 0.3 is 12.1 Å². The number of rotatable bonds is 6. The third-order valence-electron chi connectivity index (χ3n) is 3.75. The van der Waals surface area contributed by atoms with Crippen LogP contribution in [0.25, 0.3) is 11.1 Å². The molecule has 0 unspecified atom stereocenters. The standard InChI is InChI=1S/C21H25NO5/c1-14-17(9-6-10-18(14)19(23)24)15-7-5-8-16(13-15)26-12-11-22-20(25)27-21(2,3)4/h5-10,13H,11-12H2,1-4H3,(H,22,25)(H,23,24). The van der Waals surface area contributed by atoms with Gasteiger partial charge in [-0.25, -0.2) is 9.59 Å². The Morgan fingerprint density at radius 3 is 2.48 bits per heavy atom. The van der Waals surface area contributed by atoms with Crippen LogP contribution >= 0.6 is 0 Å². The lowest BCUT2D eigenvalue weighted by molar-refractivity contribution is 0.0519. The molecule has 0 saturated carbocycles. The molecular formula is C21H25NO5.